The lowest BCUT2D eigenvalue weighted by Gasteiger charge is -2.19. The van der Waals surface area contributed by atoms with Gasteiger partial charge in [0.25, 0.3) is 0 Å². The van der Waals surface area contributed by atoms with E-state index in [9.17, 15) is 13.2 Å². The summed E-state index contributed by atoms with van der Waals surface area (Å²) in [5, 5.41) is 6.57. The molecule has 0 saturated carbocycles. The zero-order valence-corrected chi connectivity index (χ0v) is 19.6. The Hall–Kier alpha value is -1.23. The predicted octanol–water partition coefficient (Wildman–Crippen LogP) is 3.99. The van der Waals surface area contributed by atoms with E-state index in [2.05, 4.69) is 27.6 Å². The van der Waals surface area contributed by atoms with E-state index in [4.69, 9.17) is 4.74 Å². The summed E-state index contributed by atoms with van der Waals surface area (Å²) in [6.07, 6.45) is -2.86. The zero-order chi connectivity index (χ0) is 20.6. The van der Waals surface area contributed by atoms with Crippen LogP contribution in [-0.4, -0.2) is 56.7 Å². The summed E-state index contributed by atoms with van der Waals surface area (Å²) in [5.41, 5.74) is -0.708. The van der Waals surface area contributed by atoms with Crippen molar-refractivity contribution in [2.24, 2.45) is 10.9 Å². The number of halogens is 4. The topological polar surface area (TPSA) is 48.9 Å². The number of nitrogens with zero attached hydrogens (tertiary/aromatic N) is 2. The third-order valence-electron chi connectivity index (χ3n) is 4.76. The molecule has 0 spiro atoms. The van der Waals surface area contributed by atoms with Crippen LogP contribution in [0.3, 0.4) is 0 Å². The third-order valence-corrected chi connectivity index (χ3v) is 4.76. The molecule has 1 heterocycles. The molecule has 166 valence electrons. The van der Waals surface area contributed by atoms with Gasteiger partial charge in [0, 0.05) is 19.6 Å². The van der Waals surface area contributed by atoms with Crippen molar-refractivity contribution < 1.29 is 17.9 Å². The Morgan fingerprint density at radius 3 is 2.66 bits per heavy atom. The summed E-state index contributed by atoms with van der Waals surface area (Å²) >= 11 is 0. The number of hydrogen-bond acceptors (Lipinski definition) is 3. The van der Waals surface area contributed by atoms with Crippen molar-refractivity contribution in [3.63, 3.8) is 0 Å². The van der Waals surface area contributed by atoms with Gasteiger partial charge in [0.15, 0.2) is 5.96 Å². The van der Waals surface area contributed by atoms with Gasteiger partial charge in [-0.1, -0.05) is 13.0 Å². The molecule has 29 heavy (non-hydrogen) atoms. The standard InChI is InChI=1S/C20H31F3N4O.HI/c1-4-17(28-18-8-6-7-16(11-18)20(21,22)23)13-26-19(24-5-2)25-12-15-9-10-27(3)14-15;/h6-8,11,15,17H,4-5,9-10,12-14H2,1-3H3,(H2,24,25,26);1H. The molecule has 0 aliphatic carbocycles. The number of rotatable bonds is 8. The molecule has 5 nitrogen and oxygen atoms in total. The van der Waals surface area contributed by atoms with Gasteiger partial charge in [0.05, 0.1) is 12.1 Å². The second-order valence-corrected chi connectivity index (χ2v) is 7.19. The van der Waals surface area contributed by atoms with Gasteiger partial charge in [-0.15, -0.1) is 24.0 Å². The number of hydrogen-bond donors (Lipinski definition) is 2. The number of nitrogens with one attached hydrogen (secondary N) is 2. The van der Waals surface area contributed by atoms with Crippen molar-refractivity contribution >= 4 is 29.9 Å². The molecule has 0 amide bonds. The summed E-state index contributed by atoms with van der Waals surface area (Å²) in [5.74, 6) is 1.52. The molecular weight excluding hydrogens is 496 g/mol. The van der Waals surface area contributed by atoms with Crippen molar-refractivity contribution in [1.82, 2.24) is 15.5 Å². The highest BCUT2D eigenvalue weighted by Crippen LogP contribution is 2.31. The van der Waals surface area contributed by atoms with Crippen molar-refractivity contribution in [3.8, 4) is 5.75 Å². The van der Waals surface area contributed by atoms with Gasteiger partial charge in [-0.3, -0.25) is 0 Å². The number of aliphatic imine (C=N–C) groups is 1. The quantitative estimate of drug-likeness (QED) is 0.305. The maximum Gasteiger partial charge on any atom is 0.416 e. The van der Waals surface area contributed by atoms with E-state index in [0.717, 1.165) is 38.3 Å². The minimum absolute atomic E-state index is 0. The molecule has 1 aromatic rings. The molecule has 0 bridgehead atoms. The van der Waals surface area contributed by atoms with Crippen LogP contribution in [-0.2, 0) is 6.18 Å². The van der Waals surface area contributed by atoms with Crippen LogP contribution in [0.2, 0.25) is 0 Å². The zero-order valence-electron chi connectivity index (χ0n) is 17.3. The second kappa shape index (κ2) is 12.5. The molecule has 1 fully saturated rings. The molecule has 2 unspecified atom stereocenters. The Morgan fingerprint density at radius 2 is 2.07 bits per heavy atom. The fourth-order valence-electron chi connectivity index (χ4n) is 3.16. The first-order chi connectivity index (χ1) is 13.3. The number of guanidine groups is 1. The average Bonchev–Trinajstić information content (AvgIpc) is 3.07. The van der Waals surface area contributed by atoms with E-state index in [-0.39, 0.29) is 35.8 Å². The van der Waals surface area contributed by atoms with E-state index >= 15 is 0 Å². The molecule has 1 aromatic carbocycles. The van der Waals surface area contributed by atoms with E-state index in [0.29, 0.717) is 24.8 Å². The lowest BCUT2D eigenvalue weighted by Crippen LogP contribution is -2.41. The minimum Gasteiger partial charge on any atom is -0.488 e. The second-order valence-electron chi connectivity index (χ2n) is 7.19. The molecule has 2 rings (SSSR count). The van der Waals surface area contributed by atoms with Gasteiger partial charge in [0.1, 0.15) is 11.9 Å². The molecule has 0 aromatic heterocycles. The van der Waals surface area contributed by atoms with Gasteiger partial charge in [-0.05, 0) is 57.5 Å². The van der Waals surface area contributed by atoms with E-state index in [1.807, 2.05) is 13.8 Å². The molecule has 2 N–H and O–H groups in total. The SMILES string of the molecule is CCNC(=NCC(CC)Oc1cccc(C(F)(F)F)c1)NCC1CCN(C)C1.I. The van der Waals surface area contributed by atoms with E-state index in [1.165, 1.54) is 12.5 Å². The Bertz CT molecular complexity index is 642. The first-order valence-corrected chi connectivity index (χ1v) is 9.86. The van der Waals surface area contributed by atoms with E-state index < -0.39 is 11.7 Å². The Labute approximate surface area is 188 Å². The van der Waals surface area contributed by atoms with Crippen LogP contribution in [0.25, 0.3) is 0 Å². The van der Waals surface area contributed by atoms with Gasteiger partial charge in [-0.25, -0.2) is 4.99 Å². The van der Waals surface area contributed by atoms with Crippen LogP contribution < -0.4 is 15.4 Å². The van der Waals surface area contributed by atoms with Gasteiger partial charge in [0.2, 0.25) is 0 Å². The number of likely N-dealkylation sites (tertiary alicyclic amines) is 1. The molecule has 9 heteroatoms. The van der Waals surface area contributed by atoms with Crippen LogP contribution in [0, 0.1) is 5.92 Å². The summed E-state index contributed by atoms with van der Waals surface area (Å²) in [7, 11) is 2.12. The summed E-state index contributed by atoms with van der Waals surface area (Å²) < 4.78 is 44.3. The van der Waals surface area contributed by atoms with Crippen molar-refractivity contribution in [3.05, 3.63) is 29.8 Å². The molecule has 1 saturated heterocycles. The van der Waals surface area contributed by atoms with Gasteiger partial charge < -0.3 is 20.3 Å². The van der Waals surface area contributed by atoms with Crippen LogP contribution >= 0.6 is 24.0 Å². The van der Waals surface area contributed by atoms with Crippen LogP contribution in [0.4, 0.5) is 13.2 Å². The fraction of sp³-hybridized carbons (Fsp3) is 0.650. The molecule has 1 aliphatic heterocycles. The first kappa shape index (κ1) is 25.8. The minimum atomic E-state index is -4.38. The summed E-state index contributed by atoms with van der Waals surface area (Å²) in [6.45, 7) is 8.07. The normalized spacial score (nSPS) is 18.8. The maximum atomic E-state index is 12.9. The number of ether oxygens (including phenoxy) is 1. The Morgan fingerprint density at radius 1 is 1.31 bits per heavy atom. The van der Waals surface area contributed by atoms with Gasteiger partial charge in [-0.2, -0.15) is 13.2 Å². The van der Waals surface area contributed by atoms with Crippen LogP contribution in [0.5, 0.6) is 5.75 Å². The van der Waals surface area contributed by atoms with Crippen molar-refractivity contribution in [1.29, 1.82) is 0 Å². The smallest absolute Gasteiger partial charge is 0.416 e. The average molecular weight is 528 g/mol. The molecular formula is C20H32F3IN4O. The highest BCUT2D eigenvalue weighted by atomic mass is 127. The lowest BCUT2D eigenvalue weighted by molar-refractivity contribution is -0.137. The lowest BCUT2D eigenvalue weighted by atomic mass is 10.1. The predicted molar refractivity (Wildman–Crippen MR) is 121 cm³/mol. The van der Waals surface area contributed by atoms with Crippen LogP contribution in [0.1, 0.15) is 32.3 Å². The van der Waals surface area contributed by atoms with E-state index in [1.54, 1.807) is 6.07 Å². The third kappa shape index (κ3) is 8.98. The highest BCUT2D eigenvalue weighted by Gasteiger charge is 2.30. The largest absolute Gasteiger partial charge is 0.488 e. The Kier molecular flexibility index (Phi) is 11.1. The monoisotopic (exact) mass is 528 g/mol. The molecule has 1 aliphatic rings. The maximum absolute atomic E-state index is 12.9. The summed E-state index contributed by atoms with van der Waals surface area (Å²) in [4.78, 5) is 6.88. The summed E-state index contributed by atoms with van der Waals surface area (Å²) in [6, 6.07) is 4.98. The number of benzene rings is 1. The number of alkyl halides is 3. The highest BCUT2D eigenvalue weighted by molar-refractivity contribution is 14.0. The Balaban J connectivity index is 0.00000420. The van der Waals surface area contributed by atoms with Crippen molar-refractivity contribution in [2.45, 2.75) is 39.0 Å². The molecule has 0 radical (unpaired) electrons. The van der Waals surface area contributed by atoms with Gasteiger partial charge >= 0.3 is 6.18 Å². The molecule has 2 atom stereocenters. The van der Waals surface area contributed by atoms with Crippen molar-refractivity contribution in [2.75, 3.05) is 39.8 Å². The first-order valence-electron chi connectivity index (χ1n) is 9.86. The van der Waals surface area contributed by atoms with Crippen LogP contribution in [0.15, 0.2) is 29.3 Å². The fourth-order valence-corrected chi connectivity index (χ4v) is 3.16.